The van der Waals surface area contributed by atoms with Gasteiger partial charge in [0.05, 0.1) is 6.61 Å². The van der Waals surface area contributed by atoms with Gasteiger partial charge in [-0.25, -0.2) is 4.79 Å². The Morgan fingerprint density at radius 1 is 1.14 bits per heavy atom. The molecule has 2 aliphatic heterocycles. The molecular formula is C23H32N2O3. The maximum atomic E-state index is 12.5. The van der Waals surface area contributed by atoms with Gasteiger partial charge in [-0.1, -0.05) is 24.6 Å². The molecule has 0 bridgehead atoms. The predicted molar refractivity (Wildman–Crippen MR) is 111 cm³/mol. The Bertz CT molecular complexity index is 815. The summed E-state index contributed by atoms with van der Waals surface area (Å²) in [5.41, 5.74) is 2.84. The first kappa shape index (κ1) is 19.5. The zero-order valence-corrected chi connectivity index (χ0v) is 17.2. The third-order valence-electron chi connectivity index (χ3n) is 6.32. The van der Waals surface area contributed by atoms with E-state index < -0.39 is 0 Å². The fraction of sp³-hybridized carbons (Fsp3) is 0.609. The van der Waals surface area contributed by atoms with E-state index in [0.29, 0.717) is 12.4 Å². The summed E-state index contributed by atoms with van der Waals surface area (Å²) in [5.74, 6) is 0.0283. The lowest BCUT2D eigenvalue weighted by atomic mass is 9.99. The van der Waals surface area contributed by atoms with Crippen molar-refractivity contribution in [3.8, 4) is 0 Å². The minimum atomic E-state index is -0.351. The van der Waals surface area contributed by atoms with E-state index >= 15 is 0 Å². The maximum Gasteiger partial charge on any atom is 0.374 e. The Kier molecular flexibility index (Phi) is 6.02. The minimum absolute atomic E-state index is 0.351. The summed E-state index contributed by atoms with van der Waals surface area (Å²) < 4.78 is 11.3. The number of piperidine rings is 2. The Morgan fingerprint density at radius 2 is 1.89 bits per heavy atom. The molecule has 2 fully saturated rings. The normalized spacial score (nSPS) is 19.9. The fourth-order valence-electron chi connectivity index (χ4n) is 4.78. The average Bonchev–Trinajstić information content (AvgIpc) is 3.09. The van der Waals surface area contributed by atoms with Crippen LogP contribution in [0.15, 0.2) is 22.6 Å². The Balaban J connectivity index is 1.50. The largest absolute Gasteiger partial charge is 0.460 e. The van der Waals surface area contributed by atoms with Gasteiger partial charge in [0.25, 0.3) is 0 Å². The first-order chi connectivity index (χ1) is 13.7. The topological polar surface area (TPSA) is 45.9 Å². The van der Waals surface area contributed by atoms with Crippen LogP contribution in [0.25, 0.3) is 11.0 Å². The first-order valence-corrected chi connectivity index (χ1v) is 10.8. The number of fused-ring (bicyclic) bond motifs is 1. The van der Waals surface area contributed by atoms with E-state index in [9.17, 15) is 4.79 Å². The van der Waals surface area contributed by atoms with Gasteiger partial charge in [-0.15, -0.1) is 0 Å². The van der Waals surface area contributed by atoms with Gasteiger partial charge in [0.15, 0.2) is 0 Å². The molecule has 0 saturated carbocycles. The molecule has 152 valence electrons. The van der Waals surface area contributed by atoms with Gasteiger partial charge >= 0.3 is 5.97 Å². The van der Waals surface area contributed by atoms with Crippen LogP contribution in [0.4, 0.5) is 0 Å². The van der Waals surface area contributed by atoms with Crippen molar-refractivity contribution >= 4 is 16.9 Å². The summed E-state index contributed by atoms with van der Waals surface area (Å²) in [6.07, 6.45) is 6.51. The Labute approximate surface area is 167 Å². The maximum absolute atomic E-state index is 12.5. The molecule has 0 spiro atoms. The zero-order chi connectivity index (χ0) is 19.5. The summed E-state index contributed by atoms with van der Waals surface area (Å²) in [7, 11) is 0. The SMILES string of the molecule is CCOC(=O)c1oc2c(C)cccc2c1CN1CCC(N2CCCCC2)CC1. The van der Waals surface area contributed by atoms with E-state index in [1.807, 2.05) is 26.0 Å². The molecule has 2 aliphatic rings. The van der Waals surface area contributed by atoms with Crippen molar-refractivity contribution in [1.29, 1.82) is 0 Å². The lowest BCUT2D eigenvalue weighted by Gasteiger charge is -2.40. The number of carbonyl (C=O) groups excluding carboxylic acids is 1. The van der Waals surface area contributed by atoms with Gasteiger partial charge in [-0.3, -0.25) is 4.90 Å². The molecule has 0 atom stereocenters. The van der Waals surface area contributed by atoms with Crippen molar-refractivity contribution in [1.82, 2.24) is 9.80 Å². The molecule has 1 aromatic carbocycles. The molecule has 4 rings (SSSR count). The minimum Gasteiger partial charge on any atom is -0.460 e. The van der Waals surface area contributed by atoms with Crippen molar-refractivity contribution in [2.24, 2.45) is 0 Å². The van der Waals surface area contributed by atoms with E-state index in [-0.39, 0.29) is 5.97 Å². The lowest BCUT2D eigenvalue weighted by Crippen LogP contribution is -2.46. The summed E-state index contributed by atoms with van der Waals surface area (Å²) >= 11 is 0. The van der Waals surface area contributed by atoms with Crippen LogP contribution >= 0.6 is 0 Å². The Morgan fingerprint density at radius 3 is 2.61 bits per heavy atom. The van der Waals surface area contributed by atoms with Crippen LogP contribution in [-0.2, 0) is 11.3 Å². The monoisotopic (exact) mass is 384 g/mol. The van der Waals surface area contributed by atoms with E-state index in [0.717, 1.165) is 47.8 Å². The summed E-state index contributed by atoms with van der Waals surface area (Å²) in [6.45, 7) is 9.63. The molecule has 5 heteroatoms. The van der Waals surface area contributed by atoms with Gasteiger partial charge < -0.3 is 14.1 Å². The number of hydrogen-bond acceptors (Lipinski definition) is 5. The molecule has 0 unspecified atom stereocenters. The van der Waals surface area contributed by atoms with Crippen LogP contribution in [0, 0.1) is 6.92 Å². The quantitative estimate of drug-likeness (QED) is 0.717. The van der Waals surface area contributed by atoms with Crippen LogP contribution < -0.4 is 0 Å². The van der Waals surface area contributed by atoms with Crippen molar-refractivity contribution in [2.45, 2.75) is 58.5 Å². The van der Waals surface area contributed by atoms with Gasteiger partial charge in [-0.2, -0.15) is 0 Å². The zero-order valence-electron chi connectivity index (χ0n) is 17.2. The number of benzene rings is 1. The van der Waals surface area contributed by atoms with Crippen LogP contribution in [0.3, 0.4) is 0 Å². The number of nitrogens with zero attached hydrogens (tertiary/aromatic N) is 2. The number of aryl methyl sites for hydroxylation is 1. The number of furan rings is 1. The lowest BCUT2D eigenvalue weighted by molar-refractivity contribution is 0.0487. The van der Waals surface area contributed by atoms with Gasteiger partial charge in [0.1, 0.15) is 5.58 Å². The number of rotatable bonds is 5. The molecule has 0 N–H and O–H groups in total. The van der Waals surface area contributed by atoms with Crippen molar-refractivity contribution in [2.75, 3.05) is 32.8 Å². The number of ether oxygens (including phenoxy) is 1. The standard InChI is InChI=1S/C23H32N2O3/c1-3-27-23(26)22-20(19-9-7-8-17(2)21(19)28-22)16-24-14-10-18(11-15-24)25-12-5-4-6-13-25/h7-9,18H,3-6,10-16H2,1-2H3. The van der Waals surface area contributed by atoms with Crippen molar-refractivity contribution < 1.29 is 13.9 Å². The van der Waals surface area contributed by atoms with E-state index in [1.165, 1.54) is 45.2 Å². The van der Waals surface area contributed by atoms with Crippen LogP contribution in [0.1, 0.15) is 60.7 Å². The molecule has 0 aliphatic carbocycles. The number of hydrogen-bond donors (Lipinski definition) is 0. The molecule has 2 saturated heterocycles. The van der Waals surface area contributed by atoms with Crippen molar-refractivity contribution in [3.05, 3.63) is 35.1 Å². The van der Waals surface area contributed by atoms with Crippen LogP contribution in [-0.4, -0.2) is 54.6 Å². The van der Waals surface area contributed by atoms with Gasteiger partial charge in [0.2, 0.25) is 5.76 Å². The van der Waals surface area contributed by atoms with Crippen LogP contribution in [0.5, 0.6) is 0 Å². The fourth-order valence-corrected chi connectivity index (χ4v) is 4.78. The van der Waals surface area contributed by atoms with E-state index in [2.05, 4.69) is 15.9 Å². The third kappa shape index (κ3) is 3.96. The highest BCUT2D eigenvalue weighted by atomic mass is 16.5. The van der Waals surface area contributed by atoms with E-state index in [1.54, 1.807) is 0 Å². The third-order valence-corrected chi connectivity index (χ3v) is 6.32. The molecule has 0 radical (unpaired) electrons. The summed E-state index contributed by atoms with van der Waals surface area (Å²) in [4.78, 5) is 17.7. The Hall–Kier alpha value is -1.85. The smallest absolute Gasteiger partial charge is 0.374 e. The average molecular weight is 385 g/mol. The van der Waals surface area contributed by atoms with Gasteiger partial charge in [0, 0.05) is 23.5 Å². The molecule has 2 aromatic rings. The highest BCUT2D eigenvalue weighted by Gasteiger charge is 2.28. The van der Waals surface area contributed by atoms with Gasteiger partial charge in [-0.05, 0) is 71.3 Å². The second kappa shape index (κ2) is 8.66. The molecular weight excluding hydrogens is 352 g/mol. The molecule has 3 heterocycles. The molecule has 5 nitrogen and oxygen atoms in total. The van der Waals surface area contributed by atoms with E-state index in [4.69, 9.17) is 9.15 Å². The molecule has 28 heavy (non-hydrogen) atoms. The highest BCUT2D eigenvalue weighted by Crippen LogP contribution is 2.31. The number of carbonyl (C=O) groups is 1. The number of likely N-dealkylation sites (tertiary alicyclic amines) is 2. The summed E-state index contributed by atoms with van der Waals surface area (Å²) in [6, 6.07) is 6.84. The van der Waals surface area contributed by atoms with Crippen LogP contribution in [0.2, 0.25) is 0 Å². The number of para-hydroxylation sites is 1. The molecule has 1 aromatic heterocycles. The predicted octanol–water partition coefficient (Wildman–Crippen LogP) is 4.37. The summed E-state index contributed by atoms with van der Waals surface area (Å²) in [5, 5.41) is 1.04. The highest BCUT2D eigenvalue weighted by molar-refractivity contribution is 5.96. The number of esters is 1. The first-order valence-electron chi connectivity index (χ1n) is 10.8. The van der Waals surface area contributed by atoms with Crippen molar-refractivity contribution in [3.63, 3.8) is 0 Å². The molecule has 0 amide bonds. The second-order valence-electron chi connectivity index (χ2n) is 8.19. The second-order valence-corrected chi connectivity index (χ2v) is 8.19.